The Morgan fingerprint density at radius 3 is 2.65 bits per heavy atom. The lowest BCUT2D eigenvalue weighted by Crippen LogP contribution is -2.37. The molecular weight excluding hydrogens is 266 g/mol. The number of hydrogen-bond acceptors (Lipinski definition) is 6. The maximum Gasteiger partial charge on any atom is 0.292 e. The van der Waals surface area contributed by atoms with E-state index in [0.717, 1.165) is 0 Å². The van der Waals surface area contributed by atoms with Gasteiger partial charge in [-0.1, -0.05) is 0 Å². The summed E-state index contributed by atoms with van der Waals surface area (Å²) in [6, 6.07) is 3.87. The van der Waals surface area contributed by atoms with Crippen LogP contribution in [0, 0.1) is 10.1 Å². The van der Waals surface area contributed by atoms with Gasteiger partial charge in [-0.3, -0.25) is 14.9 Å². The molecule has 110 valence electrons. The molecule has 1 rings (SSSR count). The van der Waals surface area contributed by atoms with Crippen LogP contribution in [0.3, 0.4) is 0 Å². The molecule has 0 aliphatic rings. The number of aliphatic hydroxyl groups excluding tert-OH is 1. The van der Waals surface area contributed by atoms with Crippen LogP contribution >= 0.6 is 0 Å². The van der Waals surface area contributed by atoms with Crippen molar-refractivity contribution < 1.29 is 19.9 Å². The molecule has 20 heavy (non-hydrogen) atoms. The molecule has 4 N–H and O–H groups in total. The quantitative estimate of drug-likeness (QED) is 0.434. The first-order valence-corrected chi connectivity index (χ1v) is 5.88. The highest BCUT2D eigenvalue weighted by Crippen LogP contribution is 2.26. The molecule has 1 atom stereocenters. The Hall–Kier alpha value is -2.19. The van der Waals surface area contributed by atoms with Gasteiger partial charge in [0.15, 0.2) is 0 Å². The number of nitro benzene ring substituents is 1. The Morgan fingerprint density at radius 2 is 2.15 bits per heavy atom. The summed E-state index contributed by atoms with van der Waals surface area (Å²) in [4.78, 5) is 21.8. The van der Waals surface area contributed by atoms with E-state index in [0.29, 0.717) is 0 Å². The first-order chi connectivity index (χ1) is 9.30. The minimum absolute atomic E-state index is 0.0957. The first kappa shape index (κ1) is 15.9. The smallest absolute Gasteiger partial charge is 0.292 e. The number of nitro groups is 1. The predicted octanol–water partition coefficient (Wildman–Crippen LogP) is 0.110. The van der Waals surface area contributed by atoms with Crippen LogP contribution in [0.4, 0.5) is 11.4 Å². The number of carbonyl (C=O) groups excluding carboxylic acids is 1. The Kier molecular flexibility index (Phi) is 5.00. The highest BCUT2D eigenvalue weighted by molar-refractivity contribution is 5.95. The number of hydrogen-bond donors (Lipinski definition) is 4. The molecular formula is C12H17N3O5. The van der Waals surface area contributed by atoms with Crippen LogP contribution in [0.1, 0.15) is 17.3 Å². The monoisotopic (exact) mass is 283 g/mol. The summed E-state index contributed by atoms with van der Waals surface area (Å²) in [7, 11) is 1.45. The van der Waals surface area contributed by atoms with Crippen molar-refractivity contribution in [3.63, 3.8) is 0 Å². The number of nitrogens with zero attached hydrogens (tertiary/aromatic N) is 1. The van der Waals surface area contributed by atoms with E-state index < -0.39 is 17.1 Å². The van der Waals surface area contributed by atoms with Gasteiger partial charge in [0.25, 0.3) is 11.6 Å². The molecule has 0 fully saturated rings. The van der Waals surface area contributed by atoms with Crippen molar-refractivity contribution in [3.05, 3.63) is 33.9 Å². The average molecular weight is 283 g/mol. The standard InChI is InChI=1S/C12H17N3O5/c1-12(18,7-16)6-14-9-5-8(11(17)13-2)3-4-10(9)15(19)20/h3-5,14,16,18H,6-7H2,1-2H3,(H,13,17). The molecule has 0 heterocycles. The highest BCUT2D eigenvalue weighted by atomic mass is 16.6. The zero-order chi connectivity index (χ0) is 15.3. The van der Waals surface area contributed by atoms with Gasteiger partial charge < -0.3 is 20.8 Å². The summed E-state index contributed by atoms with van der Waals surface area (Å²) in [6.07, 6.45) is 0. The maximum absolute atomic E-state index is 11.5. The molecule has 0 spiro atoms. The number of aliphatic hydroxyl groups is 2. The van der Waals surface area contributed by atoms with Gasteiger partial charge in [0.2, 0.25) is 0 Å². The predicted molar refractivity (Wildman–Crippen MR) is 72.7 cm³/mol. The van der Waals surface area contributed by atoms with Crippen molar-refractivity contribution in [2.75, 3.05) is 25.5 Å². The lowest BCUT2D eigenvalue weighted by molar-refractivity contribution is -0.384. The summed E-state index contributed by atoms with van der Waals surface area (Å²) in [6.45, 7) is 0.791. The molecule has 1 unspecified atom stereocenters. The van der Waals surface area contributed by atoms with Crippen molar-refractivity contribution in [1.29, 1.82) is 0 Å². The fourth-order valence-corrected chi connectivity index (χ4v) is 1.46. The van der Waals surface area contributed by atoms with Gasteiger partial charge >= 0.3 is 0 Å². The number of carbonyl (C=O) groups is 1. The second-order valence-electron chi connectivity index (χ2n) is 4.58. The fourth-order valence-electron chi connectivity index (χ4n) is 1.46. The third-order valence-electron chi connectivity index (χ3n) is 2.68. The number of anilines is 1. The van der Waals surface area contributed by atoms with Crippen molar-refractivity contribution >= 4 is 17.3 Å². The van der Waals surface area contributed by atoms with E-state index in [1.54, 1.807) is 0 Å². The fraction of sp³-hybridized carbons (Fsp3) is 0.417. The van der Waals surface area contributed by atoms with Crippen LogP contribution in [0.5, 0.6) is 0 Å². The van der Waals surface area contributed by atoms with Gasteiger partial charge in [-0.15, -0.1) is 0 Å². The van der Waals surface area contributed by atoms with Crippen molar-refractivity contribution in [2.24, 2.45) is 0 Å². The number of rotatable bonds is 6. The summed E-state index contributed by atoms with van der Waals surface area (Å²) in [5, 5.41) is 34.6. The summed E-state index contributed by atoms with van der Waals surface area (Å²) in [5.41, 5.74) is -1.28. The second kappa shape index (κ2) is 6.31. The Balaban J connectivity index is 3.06. The zero-order valence-electron chi connectivity index (χ0n) is 11.2. The number of nitrogens with one attached hydrogen (secondary N) is 2. The van der Waals surface area contributed by atoms with Crippen molar-refractivity contribution in [3.8, 4) is 0 Å². The van der Waals surface area contributed by atoms with Crippen LogP contribution in [0.25, 0.3) is 0 Å². The van der Waals surface area contributed by atoms with Gasteiger partial charge in [0.1, 0.15) is 11.3 Å². The van der Waals surface area contributed by atoms with Gasteiger partial charge in [-0.05, 0) is 19.1 Å². The molecule has 1 aromatic rings. The third kappa shape index (κ3) is 3.90. The third-order valence-corrected chi connectivity index (χ3v) is 2.68. The molecule has 0 aliphatic carbocycles. The molecule has 1 amide bonds. The Morgan fingerprint density at radius 1 is 1.50 bits per heavy atom. The van der Waals surface area contributed by atoms with Crippen LogP contribution in [0.15, 0.2) is 18.2 Å². The van der Waals surface area contributed by atoms with Crippen molar-refractivity contribution in [2.45, 2.75) is 12.5 Å². The molecule has 0 saturated heterocycles. The zero-order valence-corrected chi connectivity index (χ0v) is 11.2. The summed E-state index contributed by atoms with van der Waals surface area (Å²) in [5.74, 6) is -0.378. The van der Waals surface area contributed by atoms with E-state index in [1.807, 2.05) is 0 Å². The lowest BCUT2D eigenvalue weighted by atomic mass is 10.1. The molecule has 0 bridgehead atoms. The van der Waals surface area contributed by atoms with Crippen LogP contribution in [0.2, 0.25) is 0 Å². The van der Waals surface area contributed by atoms with Gasteiger partial charge in [-0.2, -0.15) is 0 Å². The van der Waals surface area contributed by atoms with E-state index in [2.05, 4.69) is 10.6 Å². The van der Waals surface area contributed by atoms with E-state index in [4.69, 9.17) is 5.11 Å². The molecule has 0 aromatic heterocycles. The minimum Gasteiger partial charge on any atom is -0.393 e. The SMILES string of the molecule is CNC(=O)c1ccc([N+](=O)[O-])c(NCC(C)(O)CO)c1. The first-order valence-electron chi connectivity index (χ1n) is 5.88. The van der Waals surface area contributed by atoms with Gasteiger partial charge in [0, 0.05) is 25.2 Å². The van der Waals surface area contributed by atoms with E-state index in [-0.39, 0.29) is 29.4 Å². The average Bonchev–Trinajstić information content (AvgIpc) is 2.43. The van der Waals surface area contributed by atoms with E-state index in [1.165, 1.54) is 32.2 Å². The summed E-state index contributed by atoms with van der Waals surface area (Å²) < 4.78 is 0. The lowest BCUT2D eigenvalue weighted by Gasteiger charge is -2.21. The largest absolute Gasteiger partial charge is 0.393 e. The highest BCUT2D eigenvalue weighted by Gasteiger charge is 2.22. The van der Waals surface area contributed by atoms with Crippen LogP contribution in [-0.2, 0) is 0 Å². The Labute approximate surface area is 115 Å². The van der Waals surface area contributed by atoms with Crippen molar-refractivity contribution in [1.82, 2.24) is 5.32 Å². The molecule has 0 aliphatic heterocycles. The summed E-state index contributed by atoms with van der Waals surface area (Å²) >= 11 is 0. The topological polar surface area (TPSA) is 125 Å². The van der Waals surface area contributed by atoms with E-state index >= 15 is 0 Å². The molecule has 1 aromatic carbocycles. The molecule has 8 nitrogen and oxygen atoms in total. The second-order valence-corrected chi connectivity index (χ2v) is 4.58. The maximum atomic E-state index is 11.5. The van der Waals surface area contributed by atoms with Gasteiger partial charge in [-0.25, -0.2) is 0 Å². The Bertz CT molecular complexity index is 516. The molecule has 8 heteroatoms. The van der Waals surface area contributed by atoms with Crippen LogP contribution in [-0.4, -0.2) is 46.8 Å². The molecule has 0 saturated carbocycles. The molecule has 0 radical (unpaired) electrons. The number of amides is 1. The number of benzene rings is 1. The normalized spacial score (nSPS) is 13.4. The van der Waals surface area contributed by atoms with E-state index in [9.17, 15) is 20.0 Å². The van der Waals surface area contributed by atoms with Crippen LogP contribution < -0.4 is 10.6 Å². The van der Waals surface area contributed by atoms with Gasteiger partial charge in [0.05, 0.1) is 11.5 Å². The minimum atomic E-state index is -1.42.